The third-order valence-electron chi connectivity index (χ3n) is 2.47. The van der Waals surface area contributed by atoms with Crippen LogP contribution >= 0.6 is 11.8 Å². The number of nitrogens with two attached hydrogens (primary N) is 1. The lowest BCUT2D eigenvalue weighted by Gasteiger charge is -2.11. The van der Waals surface area contributed by atoms with Gasteiger partial charge in [-0.15, -0.1) is 11.8 Å². The van der Waals surface area contributed by atoms with Crippen molar-refractivity contribution in [2.24, 2.45) is 10.7 Å². The average molecular weight is 250 g/mol. The Morgan fingerprint density at radius 3 is 2.65 bits per heavy atom. The van der Waals surface area contributed by atoms with Gasteiger partial charge in [0.2, 0.25) is 0 Å². The van der Waals surface area contributed by atoms with Crippen molar-refractivity contribution >= 4 is 16.8 Å². The van der Waals surface area contributed by atoms with E-state index in [1.165, 1.54) is 12.0 Å². The average Bonchev–Trinajstić information content (AvgIpc) is 2.36. The van der Waals surface area contributed by atoms with E-state index >= 15 is 0 Å². The van der Waals surface area contributed by atoms with E-state index < -0.39 is 0 Å². The molecule has 0 saturated heterocycles. The highest BCUT2D eigenvalue weighted by atomic mass is 32.2. The summed E-state index contributed by atoms with van der Waals surface area (Å²) in [6, 6.07) is 10.6. The largest absolute Gasteiger partial charge is 0.328 e. The van der Waals surface area contributed by atoms with Gasteiger partial charge in [0.25, 0.3) is 0 Å². The molecule has 0 unspecified atom stereocenters. The van der Waals surface area contributed by atoms with Crippen LogP contribution in [-0.2, 0) is 6.42 Å². The third kappa shape index (κ3) is 5.89. The topological polar surface area (TPSA) is 38.4 Å². The molecule has 0 heterocycles. The number of nitrogens with zero attached hydrogens (tertiary/aromatic N) is 1. The number of thioether (sulfide) groups is 1. The second-order valence-electron chi connectivity index (χ2n) is 4.08. The van der Waals surface area contributed by atoms with Gasteiger partial charge >= 0.3 is 0 Å². The molecule has 0 aromatic heterocycles. The molecule has 0 bridgehead atoms. The van der Waals surface area contributed by atoms with Crippen molar-refractivity contribution in [2.75, 3.05) is 12.3 Å². The van der Waals surface area contributed by atoms with Crippen LogP contribution in [-0.4, -0.2) is 23.4 Å². The van der Waals surface area contributed by atoms with E-state index in [-0.39, 0.29) is 6.04 Å². The minimum atomic E-state index is 0.210. The van der Waals surface area contributed by atoms with Gasteiger partial charge in [0.05, 0.1) is 11.1 Å². The van der Waals surface area contributed by atoms with Gasteiger partial charge in [-0.2, -0.15) is 0 Å². The molecule has 0 aliphatic carbocycles. The van der Waals surface area contributed by atoms with Gasteiger partial charge in [0.15, 0.2) is 0 Å². The second kappa shape index (κ2) is 8.31. The monoisotopic (exact) mass is 250 g/mol. The predicted molar refractivity (Wildman–Crippen MR) is 78.8 cm³/mol. The summed E-state index contributed by atoms with van der Waals surface area (Å²) in [5.74, 6) is 1.14. The van der Waals surface area contributed by atoms with Crippen LogP contribution < -0.4 is 5.73 Å². The standard InChI is InChI=1S/C14H22N2S/c1-3-9-17-12(2)16-14(11-15)10-13-7-5-4-6-8-13/h4-8,14H,3,9-11,15H2,1-2H3/t14-/m0/s1. The Kier molecular flexibility index (Phi) is 6.97. The van der Waals surface area contributed by atoms with Crippen LogP contribution in [0.15, 0.2) is 35.3 Å². The zero-order valence-electron chi connectivity index (χ0n) is 10.7. The first-order chi connectivity index (χ1) is 8.26. The van der Waals surface area contributed by atoms with Gasteiger partial charge in [-0.3, -0.25) is 4.99 Å². The number of aliphatic imine (C=N–C) groups is 1. The molecule has 0 radical (unpaired) electrons. The minimum absolute atomic E-state index is 0.210. The van der Waals surface area contributed by atoms with E-state index in [1.807, 2.05) is 17.8 Å². The van der Waals surface area contributed by atoms with Crippen LogP contribution in [0, 0.1) is 0 Å². The fourth-order valence-corrected chi connectivity index (χ4v) is 2.34. The smallest absolute Gasteiger partial charge is 0.0671 e. The van der Waals surface area contributed by atoms with Crippen LogP contribution in [0.25, 0.3) is 0 Å². The van der Waals surface area contributed by atoms with E-state index in [0.717, 1.165) is 17.2 Å². The lowest BCUT2D eigenvalue weighted by Crippen LogP contribution is -2.21. The first-order valence-corrected chi connectivity index (χ1v) is 7.16. The lowest BCUT2D eigenvalue weighted by atomic mass is 10.1. The van der Waals surface area contributed by atoms with E-state index in [1.54, 1.807) is 0 Å². The molecule has 17 heavy (non-hydrogen) atoms. The Balaban J connectivity index is 2.54. The Morgan fingerprint density at radius 1 is 1.35 bits per heavy atom. The summed E-state index contributed by atoms with van der Waals surface area (Å²) < 4.78 is 0. The van der Waals surface area contributed by atoms with Crippen LogP contribution in [0.5, 0.6) is 0 Å². The van der Waals surface area contributed by atoms with E-state index in [2.05, 4.69) is 43.1 Å². The molecule has 0 amide bonds. The highest BCUT2D eigenvalue weighted by molar-refractivity contribution is 8.13. The van der Waals surface area contributed by atoms with Crippen LogP contribution in [0.1, 0.15) is 25.8 Å². The maximum atomic E-state index is 5.78. The van der Waals surface area contributed by atoms with Crippen molar-refractivity contribution in [3.63, 3.8) is 0 Å². The second-order valence-corrected chi connectivity index (χ2v) is 5.36. The maximum absolute atomic E-state index is 5.78. The summed E-state index contributed by atoms with van der Waals surface area (Å²) in [5, 5.41) is 1.15. The van der Waals surface area contributed by atoms with Crippen molar-refractivity contribution in [1.82, 2.24) is 0 Å². The van der Waals surface area contributed by atoms with Crippen molar-refractivity contribution < 1.29 is 0 Å². The van der Waals surface area contributed by atoms with Crippen molar-refractivity contribution in [1.29, 1.82) is 0 Å². The number of rotatable bonds is 6. The molecule has 0 fully saturated rings. The first-order valence-electron chi connectivity index (χ1n) is 6.17. The fraction of sp³-hybridized carbons (Fsp3) is 0.500. The van der Waals surface area contributed by atoms with Crippen LogP contribution in [0.4, 0.5) is 0 Å². The highest BCUT2D eigenvalue weighted by Crippen LogP contribution is 2.10. The van der Waals surface area contributed by atoms with Gasteiger partial charge in [0, 0.05) is 6.54 Å². The SMILES string of the molecule is CCCSC(C)=N[C@H](CN)Cc1ccccc1. The van der Waals surface area contributed by atoms with Crippen molar-refractivity contribution in [2.45, 2.75) is 32.7 Å². The first kappa shape index (κ1) is 14.3. The molecule has 1 aromatic rings. The summed E-state index contributed by atoms with van der Waals surface area (Å²) in [5.41, 5.74) is 7.09. The maximum Gasteiger partial charge on any atom is 0.0671 e. The molecule has 0 aliphatic rings. The zero-order valence-corrected chi connectivity index (χ0v) is 11.5. The molecule has 0 spiro atoms. The normalized spacial score (nSPS) is 13.7. The Hall–Kier alpha value is -0.800. The molecule has 2 N–H and O–H groups in total. The van der Waals surface area contributed by atoms with Gasteiger partial charge in [-0.1, -0.05) is 37.3 Å². The van der Waals surface area contributed by atoms with Crippen molar-refractivity contribution in [3.05, 3.63) is 35.9 Å². The van der Waals surface area contributed by atoms with Gasteiger partial charge in [-0.05, 0) is 31.1 Å². The molecule has 1 atom stereocenters. The Morgan fingerprint density at radius 2 is 2.06 bits per heavy atom. The van der Waals surface area contributed by atoms with Gasteiger partial charge < -0.3 is 5.73 Å². The third-order valence-corrected chi connectivity index (χ3v) is 3.60. The fourth-order valence-electron chi connectivity index (χ4n) is 1.61. The van der Waals surface area contributed by atoms with E-state index in [0.29, 0.717) is 6.54 Å². The quantitative estimate of drug-likeness (QED) is 0.622. The van der Waals surface area contributed by atoms with Gasteiger partial charge in [-0.25, -0.2) is 0 Å². The highest BCUT2D eigenvalue weighted by Gasteiger charge is 2.06. The molecule has 2 nitrogen and oxygen atoms in total. The van der Waals surface area contributed by atoms with Crippen molar-refractivity contribution in [3.8, 4) is 0 Å². The molecule has 0 saturated carbocycles. The predicted octanol–water partition coefficient (Wildman–Crippen LogP) is 3.12. The molecule has 3 heteroatoms. The summed E-state index contributed by atoms with van der Waals surface area (Å²) in [6.45, 7) is 4.87. The van der Waals surface area contributed by atoms with E-state index in [4.69, 9.17) is 5.73 Å². The Labute approximate surface area is 109 Å². The number of hydrogen-bond donors (Lipinski definition) is 1. The molecular formula is C14H22N2S. The number of hydrogen-bond acceptors (Lipinski definition) is 3. The zero-order chi connectivity index (χ0) is 12.5. The van der Waals surface area contributed by atoms with Gasteiger partial charge in [0.1, 0.15) is 0 Å². The molecule has 94 valence electrons. The summed E-state index contributed by atoms with van der Waals surface area (Å²) in [4.78, 5) is 4.68. The summed E-state index contributed by atoms with van der Waals surface area (Å²) >= 11 is 1.83. The molecule has 1 rings (SSSR count). The summed E-state index contributed by atoms with van der Waals surface area (Å²) in [6.07, 6.45) is 2.12. The van der Waals surface area contributed by atoms with Crippen LogP contribution in [0.3, 0.4) is 0 Å². The minimum Gasteiger partial charge on any atom is -0.328 e. The molecule has 0 aliphatic heterocycles. The summed E-state index contributed by atoms with van der Waals surface area (Å²) in [7, 11) is 0. The lowest BCUT2D eigenvalue weighted by molar-refractivity contribution is 0.682. The molecular weight excluding hydrogens is 228 g/mol. The number of benzene rings is 1. The van der Waals surface area contributed by atoms with E-state index in [9.17, 15) is 0 Å². The molecule has 1 aromatic carbocycles. The Bertz CT molecular complexity index is 335. The van der Waals surface area contributed by atoms with Crippen LogP contribution in [0.2, 0.25) is 0 Å².